The quantitative estimate of drug-likeness (QED) is 0.618. The molecule has 4 aromatic rings. The van der Waals surface area contributed by atoms with Gasteiger partial charge in [-0.3, -0.25) is 9.78 Å². The number of hydrogen-bond acceptors (Lipinski definition) is 3. The molecule has 112 valence electrons. The van der Waals surface area contributed by atoms with Crippen LogP contribution in [0.1, 0.15) is 5.56 Å². The summed E-state index contributed by atoms with van der Waals surface area (Å²) in [6.45, 7) is 0. The van der Waals surface area contributed by atoms with Gasteiger partial charge < -0.3 is 9.73 Å². The zero-order chi connectivity index (χ0) is 15.6. The molecule has 23 heavy (non-hydrogen) atoms. The normalized spacial score (nSPS) is 11.0. The van der Waals surface area contributed by atoms with Crippen LogP contribution < -0.4 is 5.32 Å². The number of hydrogen-bond donors (Lipinski definition) is 1. The van der Waals surface area contributed by atoms with E-state index in [9.17, 15) is 4.79 Å². The highest BCUT2D eigenvalue weighted by Crippen LogP contribution is 2.30. The van der Waals surface area contributed by atoms with Crippen LogP contribution in [0.15, 0.2) is 71.6 Å². The van der Waals surface area contributed by atoms with Gasteiger partial charge in [-0.25, -0.2) is 0 Å². The number of nitrogens with one attached hydrogen (secondary N) is 1. The second-order valence-electron chi connectivity index (χ2n) is 5.38. The number of carbonyl (C=O) groups excluding carboxylic acids is 1. The summed E-state index contributed by atoms with van der Waals surface area (Å²) < 4.78 is 5.62. The van der Waals surface area contributed by atoms with E-state index in [4.69, 9.17) is 4.42 Å². The topological polar surface area (TPSA) is 55.1 Å². The minimum Gasteiger partial charge on any atom is -0.464 e. The summed E-state index contributed by atoms with van der Waals surface area (Å²) in [4.78, 5) is 16.2. The van der Waals surface area contributed by atoms with Gasteiger partial charge in [-0.05, 0) is 29.0 Å². The third kappa shape index (κ3) is 2.55. The lowest BCUT2D eigenvalue weighted by Gasteiger charge is -2.05. The summed E-state index contributed by atoms with van der Waals surface area (Å²) in [5, 5.41) is 6.12. The number of rotatable bonds is 3. The van der Waals surface area contributed by atoms with Crippen LogP contribution in [0.2, 0.25) is 0 Å². The molecular formula is C19H14N2O2. The van der Waals surface area contributed by atoms with Crippen LogP contribution in [0.5, 0.6) is 0 Å². The lowest BCUT2D eigenvalue weighted by molar-refractivity contribution is -0.115. The van der Waals surface area contributed by atoms with Crippen molar-refractivity contribution in [3.63, 3.8) is 0 Å². The lowest BCUT2D eigenvalue weighted by Crippen LogP contribution is -2.14. The van der Waals surface area contributed by atoms with Gasteiger partial charge in [0.25, 0.3) is 0 Å². The van der Waals surface area contributed by atoms with E-state index in [1.54, 1.807) is 30.8 Å². The number of benzene rings is 2. The standard InChI is InChI=1S/C19H14N2O2/c22-18(21-15-7-9-20-10-8-15)11-14-12-23-17-6-5-13-3-1-2-4-16(13)19(14)17/h1-10,12H,11H2,(H,20,21,22). The molecule has 2 aromatic heterocycles. The van der Waals surface area contributed by atoms with Gasteiger partial charge in [0.2, 0.25) is 5.91 Å². The Bertz CT molecular complexity index is 990. The smallest absolute Gasteiger partial charge is 0.228 e. The third-order valence-electron chi connectivity index (χ3n) is 3.86. The van der Waals surface area contributed by atoms with E-state index < -0.39 is 0 Å². The molecule has 0 aliphatic heterocycles. The number of carbonyl (C=O) groups is 1. The summed E-state index contributed by atoms with van der Waals surface area (Å²) in [6, 6.07) is 15.6. The molecule has 1 N–H and O–H groups in total. The number of aromatic nitrogens is 1. The highest BCUT2D eigenvalue weighted by atomic mass is 16.3. The fourth-order valence-corrected chi connectivity index (χ4v) is 2.82. The highest BCUT2D eigenvalue weighted by Gasteiger charge is 2.13. The molecule has 0 aliphatic carbocycles. The zero-order valence-corrected chi connectivity index (χ0v) is 12.3. The van der Waals surface area contributed by atoms with Crippen molar-refractivity contribution in [2.45, 2.75) is 6.42 Å². The number of nitrogens with zero attached hydrogens (tertiary/aromatic N) is 1. The Morgan fingerprint density at radius 2 is 1.87 bits per heavy atom. The largest absolute Gasteiger partial charge is 0.464 e. The van der Waals surface area contributed by atoms with Gasteiger partial charge in [0.05, 0.1) is 12.7 Å². The maximum absolute atomic E-state index is 12.3. The van der Waals surface area contributed by atoms with Gasteiger partial charge in [-0.2, -0.15) is 0 Å². The molecule has 1 amide bonds. The third-order valence-corrected chi connectivity index (χ3v) is 3.86. The molecule has 4 nitrogen and oxygen atoms in total. The van der Waals surface area contributed by atoms with Gasteiger partial charge in [-0.1, -0.05) is 30.3 Å². The van der Waals surface area contributed by atoms with Crippen LogP contribution in [0, 0.1) is 0 Å². The molecule has 2 heterocycles. The van der Waals surface area contributed by atoms with Crippen molar-refractivity contribution in [1.29, 1.82) is 0 Å². The predicted molar refractivity (Wildman–Crippen MR) is 90.3 cm³/mol. The minimum absolute atomic E-state index is 0.0770. The molecule has 0 saturated heterocycles. The second kappa shape index (κ2) is 5.57. The van der Waals surface area contributed by atoms with E-state index >= 15 is 0 Å². The Labute approximate surface area is 132 Å². The van der Waals surface area contributed by atoms with E-state index in [1.807, 2.05) is 24.3 Å². The van der Waals surface area contributed by atoms with Gasteiger partial charge in [0, 0.05) is 29.0 Å². The van der Waals surface area contributed by atoms with Gasteiger partial charge >= 0.3 is 0 Å². The molecule has 0 fully saturated rings. The van der Waals surface area contributed by atoms with Gasteiger partial charge in [-0.15, -0.1) is 0 Å². The Morgan fingerprint density at radius 3 is 2.74 bits per heavy atom. The average Bonchev–Trinajstić information content (AvgIpc) is 2.99. The SMILES string of the molecule is O=C(Cc1coc2ccc3ccccc3c12)Nc1ccncc1. The van der Waals surface area contributed by atoms with Crippen molar-refractivity contribution >= 4 is 33.3 Å². The first-order valence-corrected chi connectivity index (χ1v) is 7.39. The van der Waals surface area contributed by atoms with E-state index in [0.29, 0.717) is 0 Å². The number of pyridine rings is 1. The van der Waals surface area contributed by atoms with E-state index in [1.165, 1.54) is 0 Å². The molecule has 0 aliphatic rings. The van der Waals surface area contributed by atoms with E-state index in [0.717, 1.165) is 33.0 Å². The highest BCUT2D eigenvalue weighted by molar-refractivity contribution is 6.09. The minimum atomic E-state index is -0.0770. The Kier molecular flexibility index (Phi) is 3.27. The van der Waals surface area contributed by atoms with Gasteiger partial charge in [0.1, 0.15) is 5.58 Å². The molecule has 0 unspecified atom stereocenters. The molecule has 0 bridgehead atoms. The van der Waals surface area contributed by atoms with Crippen molar-refractivity contribution in [2.24, 2.45) is 0 Å². The maximum Gasteiger partial charge on any atom is 0.228 e. The first-order valence-electron chi connectivity index (χ1n) is 7.39. The van der Waals surface area contributed by atoms with Crippen LogP contribution in [-0.4, -0.2) is 10.9 Å². The molecule has 0 radical (unpaired) electrons. The van der Waals surface area contributed by atoms with Crippen molar-refractivity contribution < 1.29 is 9.21 Å². The number of amides is 1. The first-order chi connectivity index (χ1) is 11.3. The molecule has 4 rings (SSSR count). The van der Waals surface area contributed by atoms with Crippen LogP contribution in [0.4, 0.5) is 5.69 Å². The Hall–Kier alpha value is -3.14. The molecule has 4 heteroatoms. The van der Waals surface area contributed by atoms with Crippen LogP contribution in [0.3, 0.4) is 0 Å². The van der Waals surface area contributed by atoms with Crippen LogP contribution in [0.25, 0.3) is 21.7 Å². The van der Waals surface area contributed by atoms with Crippen LogP contribution >= 0.6 is 0 Å². The van der Waals surface area contributed by atoms with Crippen molar-refractivity contribution in [1.82, 2.24) is 4.98 Å². The van der Waals surface area contributed by atoms with Gasteiger partial charge in [0.15, 0.2) is 0 Å². The number of fused-ring (bicyclic) bond motifs is 3. The average molecular weight is 302 g/mol. The maximum atomic E-state index is 12.3. The summed E-state index contributed by atoms with van der Waals surface area (Å²) in [7, 11) is 0. The predicted octanol–water partition coefficient (Wildman–Crippen LogP) is 4.16. The Morgan fingerprint density at radius 1 is 1.04 bits per heavy atom. The first kappa shape index (κ1) is 13.5. The Balaban J connectivity index is 1.69. The van der Waals surface area contributed by atoms with E-state index in [2.05, 4.69) is 22.4 Å². The van der Waals surface area contributed by atoms with Crippen molar-refractivity contribution in [3.8, 4) is 0 Å². The molecular weight excluding hydrogens is 288 g/mol. The van der Waals surface area contributed by atoms with Crippen molar-refractivity contribution in [3.05, 3.63) is 72.8 Å². The monoisotopic (exact) mass is 302 g/mol. The van der Waals surface area contributed by atoms with E-state index in [-0.39, 0.29) is 12.3 Å². The van der Waals surface area contributed by atoms with Crippen molar-refractivity contribution in [2.75, 3.05) is 5.32 Å². The lowest BCUT2D eigenvalue weighted by atomic mass is 10.0. The zero-order valence-electron chi connectivity index (χ0n) is 12.3. The molecule has 0 saturated carbocycles. The van der Waals surface area contributed by atoms with Crippen LogP contribution in [-0.2, 0) is 11.2 Å². The summed E-state index contributed by atoms with van der Waals surface area (Å²) in [6.07, 6.45) is 5.24. The fraction of sp³-hybridized carbons (Fsp3) is 0.0526. The number of furan rings is 1. The summed E-state index contributed by atoms with van der Waals surface area (Å²) in [5.41, 5.74) is 2.43. The summed E-state index contributed by atoms with van der Waals surface area (Å²) >= 11 is 0. The molecule has 0 spiro atoms. The molecule has 2 aromatic carbocycles. The second-order valence-corrected chi connectivity index (χ2v) is 5.38. The summed E-state index contributed by atoms with van der Waals surface area (Å²) in [5.74, 6) is -0.0770. The fourth-order valence-electron chi connectivity index (χ4n) is 2.82. The number of anilines is 1. The molecule has 0 atom stereocenters.